The van der Waals surface area contributed by atoms with Crippen molar-refractivity contribution in [1.82, 2.24) is 0 Å². The largest absolute Gasteiger partial charge is 0.496 e. The molecule has 0 aliphatic heterocycles. The van der Waals surface area contributed by atoms with Gasteiger partial charge in [-0.1, -0.05) is 24.3 Å². The number of nitriles is 1. The molecule has 1 N–H and O–H groups in total. The standard InChI is InChI=1S/C27H26N2O3/c1-18-7-8-22(15-25(18)31-3)27(11-12-27)26(30)29-24-10-9-23(13-19(24)2)32-17-21-6-4-5-20(14-21)16-28/h4-10,13-15H,11-12,17H2,1-3H3,(H,29,30). The number of methoxy groups -OCH3 is 1. The minimum atomic E-state index is -0.492. The molecule has 0 atom stereocenters. The number of rotatable bonds is 7. The molecule has 5 heteroatoms. The Kier molecular flexibility index (Phi) is 5.87. The molecular formula is C27H26N2O3. The zero-order chi connectivity index (χ0) is 22.7. The van der Waals surface area contributed by atoms with Gasteiger partial charge in [0, 0.05) is 5.69 Å². The zero-order valence-corrected chi connectivity index (χ0v) is 18.6. The molecule has 1 fully saturated rings. The molecule has 0 unspecified atom stereocenters. The maximum Gasteiger partial charge on any atom is 0.235 e. The van der Waals surface area contributed by atoms with Crippen molar-refractivity contribution in [3.63, 3.8) is 0 Å². The number of anilines is 1. The second-order valence-corrected chi connectivity index (χ2v) is 8.30. The van der Waals surface area contributed by atoms with Crippen LogP contribution in [0.25, 0.3) is 0 Å². The molecular weight excluding hydrogens is 400 g/mol. The highest BCUT2D eigenvalue weighted by Crippen LogP contribution is 2.50. The van der Waals surface area contributed by atoms with Gasteiger partial charge in [0.15, 0.2) is 0 Å². The van der Waals surface area contributed by atoms with Crippen LogP contribution in [0.15, 0.2) is 60.7 Å². The van der Waals surface area contributed by atoms with Gasteiger partial charge in [-0.2, -0.15) is 5.26 Å². The van der Waals surface area contributed by atoms with Crippen molar-refractivity contribution in [1.29, 1.82) is 5.26 Å². The first-order valence-corrected chi connectivity index (χ1v) is 10.6. The molecule has 0 saturated heterocycles. The first kappa shape index (κ1) is 21.5. The lowest BCUT2D eigenvalue weighted by Gasteiger charge is -2.19. The molecule has 1 saturated carbocycles. The summed E-state index contributed by atoms with van der Waals surface area (Å²) in [7, 11) is 1.65. The van der Waals surface area contributed by atoms with Gasteiger partial charge < -0.3 is 14.8 Å². The van der Waals surface area contributed by atoms with Crippen molar-refractivity contribution < 1.29 is 14.3 Å². The Balaban J connectivity index is 1.44. The van der Waals surface area contributed by atoms with Gasteiger partial charge in [0.25, 0.3) is 0 Å². The molecule has 32 heavy (non-hydrogen) atoms. The summed E-state index contributed by atoms with van der Waals surface area (Å²) in [6.07, 6.45) is 1.65. The minimum Gasteiger partial charge on any atom is -0.496 e. The van der Waals surface area contributed by atoms with Crippen LogP contribution in [0.4, 0.5) is 5.69 Å². The predicted molar refractivity (Wildman–Crippen MR) is 124 cm³/mol. The Morgan fingerprint density at radius 1 is 1.06 bits per heavy atom. The van der Waals surface area contributed by atoms with E-state index in [2.05, 4.69) is 11.4 Å². The van der Waals surface area contributed by atoms with E-state index in [1.165, 1.54) is 0 Å². The number of nitrogens with one attached hydrogen (secondary N) is 1. The number of ether oxygens (including phenoxy) is 2. The molecule has 0 spiro atoms. The third kappa shape index (κ3) is 4.31. The van der Waals surface area contributed by atoms with E-state index in [1.54, 1.807) is 13.2 Å². The summed E-state index contributed by atoms with van der Waals surface area (Å²) in [5.41, 5.74) is 4.81. The maximum atomic E-state index is 13.2. The SMILES string of the molecule is COc1cc(C2(C(=O)Nc3ccc(OCc4cccc(C#N)c4)cc3C)CC2)ccc1C. The topological polar surface area (TPSA) is 71.3 Å². The van der Waals surface area contributed by atoms with E-state index in [-0.39, 0.29) is 5.91 Å². The summed E-state index contributed by atoms with van der Waals surface area (Å²) >= 11 is 0. The number of hydrogen-bond acceptors (Lipinski definition) is 4. The Hall–Kier alpha value is -3.78. The van der Waals surface area contributed by atoms with E-state index in [0.717, 1.165) is 46.5 Å². The normalized spacial score (nSPS) is 13.7. The smallest absolute Gasteiger partial charge is 0.235 e. The first-order chi connectivity index (χ1) is 15.4. The van der Waals surface area contributed by atoms with E-state index in [4.69, 9.17) is 14.7 Å². The molecule has 3 aromatic carbocycles. The van der Waals surface area contributed by atoms with Gasteiger partial charge in [-0.25, -0.2) is 0 Å². The Morgan fingerprint density at radius 2 is 1.88 bits per heavy atom. The Morgan fingerprint density at radius 3 is 2.56 bits per heavy atom. The highest BCUT2D eigenvalue weighted by molar-refractivity contribution is 6.02. The maximum absolute atomic E-state index is 13.2. The van der Waals surface area contributed by atoms with E-state index in [9.17, 15) is 4.79 Å². The number of amides is 1. The fourth-order valence-corrected chi connectivity index (χ4v) is 3.89. The van der Waals surface area contributed by atoms with Crippen LogP contribution < -0.4 is 14.8 Å². The summed E-state index contributed by atoms with van der Waals surface area (Å²) < 4.78 is 11.3. The van der Waals surface area contributed by atoms with Crippen LogP contribution in [-0.4, -0.2) is 13.0 Å². The van der Waals surface area contributed by atoms with Crippen molar-refractivity contribution in [3.8, 4) is 17.6 Å². The van der Waals surface area contributed by atoms with Gasteiger partial charge in [0.1, 0.15) is 18.1 Å². The van der Waals surface area contributed by atoms with Crippen LogP contribution in [0.3, 0.4) is 0 Å². The van der Waals surface area contributed by atoms with Gasteiger partial charge in [-0.15, -0.1) is 0 Å². The number of benzene rings is 3. The summed E-state index contributed by atoms with van der Waals surface area (Å²) in [6, 6.07) is 21.1. The number of carbonyl (C=O) groups excluding carboxylic acids is 1. The Bertz CT molecular complexity index is 1210. The number of nitrogens with zero attached hydrogens (tertiary/aromatic N) is 1. The second-order valence-electron chi connectivity index (χ2n) is 8.30. The average Bonchev–Trinajstić information content (AvgIpc) is 3.62. The fourth-order valence-electron chi connectivity index (χ4n) is 3.89. The molecule has 162 valence electrons. The van der Waals surface area contributed by atoms with Gasteiger partial charge in [0.2, 0.25) is 5.91 Å². The van der Waals surface area contributed by atoms with E-state index in [0.29, 0.717) is 17.9 Å². The molecule has 1 amide bonds. The first-order valence-electron chi connectivity index (χ1n) is 10.6. The van der Waals surface area contributed by atoms with Crippen LogP contribution in [0, 0.1) is 25.2 Å². The van der Waals surface area contributed by atoms with E-state index >= 15 is 0 Å². The Labute approximate surface area is 188 Å². The van der Waals surface area contributed by atoms with Crippen LogP contribution in [0.2, 0.25) is 0 Å². The fraction of sp³-hybridized carbons (Fsp3) is 0.259. The predicted octanol–water partition coefficient (Wildman–Crippen LogP) is 5.43. The second kappa shape index (κ2) is 8.76. The van der Waals surface area contributed by atoms with Crippen LogP contribution in [0.1, 0.15) is 40.7 Å². The summed E-state index contributed by atoms with van der Waals surface area (Å²) in [4.78, 5) is 13.2. The number of carbonyl (C=O) groups is 1. The third-order valence-electron chi connectivity index (χ3n) is 6.05. The molecule has 0 radical (unpaired) electrons. The highest BCUT2D eigenvalue weighted by atomic mass is 16.5. The van der Waals surface area contributed by atoms with Crippen LogP contribution >= 0.6 is 0 Å². The molecule has 4 rings (SSSR count). The van der Waals surface area contributed by atoms with Crippen LogP contribution in [-0.2, 0) is 16.8 Å². The summed E-state index contributed by atoms with van der Waals surface area (Å²) in [6.45, 7) is 4.32. The lowest BCUT2D eigenvalue weighted by atomic mass is 9.93. The van der Waals surface area contributed by atoms with Crippen LogP contribution in [0.5, 0.6) is 11.5 Å². The van der Waals surface area contributed by atoms with Crippen molar-refractivity contribution >= 4 is 11.6 Å². The van der Waals surface area contributed by atoms with E-state index < -0.39 is 5.41 Å². The van der Waals surface area contributed by atoms with Crippen molar-refractivity contribution in [2.45, 2.75) is 38.7 Å². The quantitative estimate of drug-likeness (QED) is 0.547. The van der Waals surface area contributed by atoms with Crippen molar-refractivity contribution in [2.24, 2.45) is 0 Å². The van der Waals surface area contributed by atoms with Gasteiger partial charge in [0.05, 0.1) is 24.2 Å². The molecule has 1 aliphatic rings. The van der Waals surface area contributed by atoms with E-state index in [1.807, 2.05) is 68.4 Å². The lowest BCUT2D eigenvalue weighted by Crippen LogP contribution is -2.28. The number of hydrogen-bond donors (Lipinski definition) is 1. The van der Waals surface area contributed by atoms with Gasteiger partial charge in [-0.05, 0) is 85.3 Å². The van der Waals surface area contributed by atoms with Crippen molar-refractivity contribution in [2.75, 3.05) is 12.4 Å². The van der Waals surface area contributed by atoms with Crippen molar-refractivity contribution in [3.05, 3.63) is 88.5 Å². The zero-order valence-electron chi connectivity index (χ0n) is 18.6. The summed E-state index contributed by atoms with van der Waals surface area (Å²) in [5.74, 6) is 1.53. The molecule has 0 heterocycles. The molecule has 3 aromatic rings. The minimum absolute atomic E-state index is 0.00786. The van der Waals surface area contributed by atoms with Gasteiger partial charge >= 0.3 is 0 Å². The molecule has 1 aliphatic carbocycles. The highest BCUT2D eigenvalue weighted by Gasteiger charge is 2.51. The molecule has 0 aromatic heterocycles. The summed E-state index contributed by atoms with van der Waals surface area (Å²) in [5, 5.41) is 12.1. The third-order valence-corrected chi connectivity index (χ3v) is 6.05. The monoisotopic (exact) mass is 426 g/mol. The van der Waals surface area contributed by atoms with Gasteiger partial charge in [-0.3, -0.25) is 4.79 Å². The molecule has 5 nitrogen and oxygen atoms in total. The average molecular weight is 427 g/mol. The number of aryl methyl sites for hydroxylation is 2. The lowest BCUT2D eigenvalue weighted by molar-refractivity contribution is -0.118. The molecule has 0 bridgehead atoms.